The molecule has 0 amide bonds. The average molecular weight is 203 g/mol. The standard InChI is InChI=1S/C12H13NO2/c1-8-5-4-6-10(7-8)11-9(2)13-15-12(11)14-3/h4-7H,1-3H3. The fourth-order valence-corrected chi connectivity index (χ4v) is 1.62. The maximum Gasteiger partial charge on any atom is 0.319 e. The fourth-order valence-electron chi connectivity index (χ4n) is 1.62. The van der Waals surface area contributed by atoms with Crippen molar-refractivity contribution < 1.29 is 9.26 Å². The maximum absolute atomic E-state index is 5.13. The van der Waals surface area contributed by atoms with Crippen LogP contribution in [0.1, 0.15) is 11.3 Å². The van der Waals surface area contributed by atoms with Crippen LogP contribution in [-0.4, -0.2) is 12.3 Å². The second-order valence-electron chi connectivity index (χ2n) is 3.50. The SMILES string of the molecule is COc1onc(C)c1-c1cccc(C)c1. The first-order chi connectivity index (χ1) is 7.22. The van der Waals surface area contributed by atoms with Gasteiger partial charge in [0.25, 0.3) is 0 Å². The largest absolute Gasteiger partial charge is 0.467 e. The van der Waals surface area contributed by atoms with Crippen LogP contribution in [0.3, 0.4) is 0 Å². The summed E-state index contributed by atoms with van der Waals surface area (Å²) >= 11 is 0. The van der Waals surface area contributed by atoms with E-state index in [2.05, 4.69) is 24.2 Å². The van der Waals surface area contributed by atoms with Crippen molar-refractivity contribution in [3.05, 3.63) is 35.5 Å². The van der Waals surface area contributed by atoms with E-state index in [1.165, 1.54) is 5.56 Å². The smallest absolute Gasteiger partial charge is 0.319 e. The number of nitrogens with zero attached hydrogens (tertiary/aromatic N) is 1. The number of hydrogen-bond acceptors (Lipinski definition) is 3. The van der Waals surface area contributed by atoms with E-state index in [9.17, 15) is 0 Å². The molecule has 0 aliphatic rings. The molecule has 0 saturated heterocycles. The normalized spacial score (nSPS) is 10.3. The Morgan fingerprint density at radius 1 is 1.27 bits per heavy atom. The maximum atomic E-state index is 5.13. The van der Waals surface area contributed by atoms with Gasteiger partial charge in [-0.1, -0.05) is 35.0 Å². The van der Waals surface area contributed by atoms with Gasteiger partial charge in [0, 0.05) is 0 Å². The van der Waals surface area contributed by atoms with Crippen molar-refractivity contribution in [1.82, 2.24) is 5.16 Å². The molecule has 1 aromatic heterocycles. The molecule has 2 rings (SSSR count). The van der Waals surface area contributed by atoms with Gasteiger partial charge in [-0.2, -0.15) is 0 Å². The molecular weight excluding hydrogens is 190 g/mol. The summed E-state index contributed by atoms with van der Waals surface area (Å²) in [6.07, 6.45) is 0. The highest BCUT2D eigenvalue weighted by atomic mass is 16.6. The Balaban J connectivity index is 2.57. The van der Waals surface area contributed by atoms with Crippen molar-refractivity contribution in [3.63, 3.8) is 0 Å². The quantitative estimate of drug-likeness (QED) is 0.752. The minimum atomic E-state index is 0.470. The van der Waals surface area contributed by atoms with Crippen LogP contribution in [0, 0.1) is 13.8 Å². The lowest BCUT2D eigenvalue weighted by molar-refractivity contribution is 0.261. The van der Waals surface area contributed by atoms with Crippen molar-refractivity contribution in [3.8, 4) is 17.1 Å². The monoisotopic (exact) mass is 203 g/mol. The van der Waals surface area contributed by atoms with E-state index < -0.39 is 0 Å². The fraction of sp³-hybridized carbons (Fsp3) is 0.250. The minimum Gasteiger partial charge on any atom is -0.467 e. The van der Waals surface area contributed by atoms with Gasteiger partial charge in [0.2, 0.25) is 0 Å². The van der Waals surface area contributed by atoms with Crippen LogP contribution in [0.4, 0.5) is 0 Å². The van der Waals surface area contributed by atoms with Crippen LogP contribution in [-0.2, 0) is 0 Å². The Bertz CT molecular complexity index is 474. The Kier molecular flexibility index (Phi) is 2.46. The summed E-state index contributed by atoms with van der Waals surface area (Å²) in [7, 11) is 1.58. The third-order valence-corrected chi connectivity index (χ3v) is 2.32. The van der Waals surface area contributed by atoms with E-state index >= 15 is 0 Å². The number of rotatable bonds is 2. The molecule has 0 unspecified atom stereocenters. The van der Waals surface area contributed by atoms with Crippen LogP contribution < -0.4 is 4.74 Å². The molecule has 78 valence electrons. The third-order valence-electron chi connectivity index (χ3n) is 2.32. The first-order valence-electron chi connectivity index (χ1n) is 4.79. The molecule has 1 heterocycles. The molecule has 0 N–H and O–H groups in total. The molecule has 3 heteroatoms. The summed E-state index contributed by atoms with van der Waals surface area (Å²) in [5, 5.41) is 3.89. The van der Waals surface area contributed by atoms with Gasteiger partial charge in [-0.15, -0.1) is 0 Å². The van der Waals surface area contributed by atoms with Crippen LogP contribution in [0.25, 0.3) is 11.1 Å². The third kappa shape index (κ3) is 1.73. The van der Waals surface area contributed by atoms with Crippen LogP contribution in [0.15, 0.2) is 28.8 Å². The highest BCUT2D eigenvalue weighted by Crippen LogP contribution is 2.33. The molecule has 15 heavy (non-hydrogen) atoms. The minimum absolute atomic E-state index is 0.470. The predicted molar refractivity (Wildman–Crippen MR) is 58.0 cm³/mol. The summed E-state index contributed by atoms with van der Waals surface area (Å²) in [5.41, 5.74) is 4.06. The van der Waals surface area contributed by atoms with Crippen LogP contribution in [0.5, 0.6) is 5.95 Å². The summed E-state index contributed by atoms with van der Waals surface area (Å²) in [5.74, 6) is 0.470. The van der Waals surface area contributed by atoms with Crippen molar-refractivity contribution in [2.75, 3.05) is 7.11 Å². The molecule has 0 atom stereocenters. The van der Waals surface area contributed by atoms with Crippen molar-refractivity contribution in [1.29, 1.82) is 0 Å². The van der Waals surface area contributed by atoms with E-state index in [4.69, 9.17) is 9.26 Å². The number of ether oxygens (including phenoxy) is 1. The molecule has 1 aromatic carbocycles. The zero-order chi connectivity index (χ0) is 10.8. The first kappa shape index (κ1) is 9.77. The number of benzene rings is 1. The topological polar surface area (TPSA) is 35.3 Å². The lowest BCUT2D eigenvalue weighted by Crippen LogP contribution is -1.85. The second-order valence-corrected chi connectivity index (χ2v) is 3.50. The lowest BCUT2D eigenvalue weighted by Gasteiger charge is -2.02. The predicted octanol–water partition coefficient (Wildman–Crippen LogP) is 2.97. The van der Waals surface area contributed by atoms with Gasteiger partial charge in [-0.3, -0.25) is 0 Å². The molecule has 0 spiro atoms. The van der Waals surface area contributed by atoms with Crippen molar-refractivity contribution in [2.45, 2.75) is 13.8 Å². The molecule has 0 aliphatic carbocycles. The summed E-state index contributed by atoms with van der Waals surface area (Å²) in [4.78, 5) is 0. The van der Waals surface area contributed by atoms with E-state index in [0.717, 1.165) is 16.8 Å². The van der Waals surface area contributed by atoms with Gasteiger partial charge in [-0.05, 0) is 19.4 Å². The van der Waals surface area contributed by atoms with Gasteiger partial charge in [0.15, 0.2) is 0 Å². The Morgan fingerprint density at radius 2 is 2.07 bits per heavy atom. The van der Waals surface area contributed by atoms with Gasteiger partial charge >= 0.3 is 5.95 Å². The summed E-state index contributed by atoms with van der Waals surface area (Å²) in [6, 6.07) is 8.17. The van der Waals surface area contributed by atoms with E-state index in [0.29, 0.717) is 5.95 Å². The molecule has 0 bridgehead atoms. The average Bonchev–Trinajstić information content (AvgIpc) is 2.59. The summed E-state index contributed by atoms with van der Waals surface area (Å²) in [6.45, 7) is 3.96. The van der Waals surface area contributed by atoms with Gasteiger partial charge in [0.05, 0.1) is 18.4 Å². The molecule has 0 saturated carbocycles. The first-order valence-corrected chi connectivity index (χ1v) is 4.79. The zero-order valence-corrected chi connectivity index (χ0v) is 9.07. The Hall–Kier alpha value is -1.77. The number of aromatic nitrogens is 1. The van der Waals surface area contributed by atoms with Gasteiger partial charge in [-0.25, -0.2) is 0 Å². The van der Waals surface area contributed by atoms with Gasteiger partial charge in [0.1, 0.15) is 0 Å². The molecule has 3 nitrogen and oxygen atoms in total. The number of methoxy groups -OCH3 is 1. The Labute approximate surface area is 88.7 Å². The van der Waals surface area contributed by atoms with Crippen molar-refractivity contribution in [2.24, 2.45) is 0 Å². The molecule has 0 fully saturated rings. The summed E-state index contributed by atoms with van der Waals surface area (Å²) < 4.78 is 10.2. The number of hydrogen-bond donors (Lipinski definition) is 0. The van der Waals surface area contributed by atoms with Crippen LogP contribution in [0.2, 0.25) is 0 Å². The lowest BCUT2D eigenvalue weighted by atomic mass is 10.0. The van der Waals surface area contributed by atoms with Crippen LogP contribution >= 0.6 is 0 Å². The highest BCUT2D eigenvalue weighted by Gasteiger charge is 2.15. The molecule has 0 radical (unpaired) electrons. The van der Waals surface area contributed by atoms with E-state index in [1.54, 1.807) is 7.11 Å². The number of aryl methyl sites for hydroxylation is 2. The second kappa shape index (κ2) is 3.77. The molecule has 2 aromatic rings. The van der Waals surface area contributed by atoms with E-state index in [-0.39, 0.29) is 0 Å². The van der Waals surface area contributed by atoms with Crippen molar-refractivity contribution >= 4 is 0 Å². The highest BCUT2D eigenvalue weighted by molar-refractivity contribution is 5.70. The molecule has 0 aliphatic heterocycles. The zero-order valence-electron chi connectivity index (χ0n) is 9.07. The Morgan fingerprint density at radius 3 is 2.73 bits per heavy atom. The van der Waals surface area contributed by atoms with Gasteiger partial charge < -0.3 is 9.26 Å². The van der Waals surface area contributed by atoms with E-state index in [1.807, 2.05) is 19.1 Å². The molecular formula is C12H13NO2.